The number of esters is 1. The third-order valence-corrected chi connectivity index (χ3v) is 7.84. The molecule has 0 aromatic rings. The molecule has 1 unspecified atom stereocenters. The first-order chi connectivity index (χ1) is 19.7. The van der Waals surface area contributed by atoms with Crippen LogP contribution in [0.15, 0.2) is 60.3 Å². The quantitative estimate of drug-likeness (QED) is 0.286. The van der Waals surface area contributed by atoms with Crippen LogP contribution < -0.4 is 0 Å². The molecule has 226 valence electrons. The maximum Gasteiger partial charge on any atom is 0.508 e. The number of carbonyl (C=O) groups excluding carboxylic acids is 2. The SMILES string of the molecule is C=C1C[C@H](C)C[C@@H]2CC=C[C@@H](C/C=C\C(=O)O[C@H]([C@@H](O)/C=C/[C@@H]3CC(C)=CCO3)CC3O[C@H]3[C@@H](OC(=O)OC)C1)O2. The van der Waals surface area contributed by atoms with E-state index < -0.39 is 36.5 Å². The van der Waals surface area contributed by atoms with Crippen LogP contribution >= 0.6 is 0 Å². The number of epoxide rings is 1. The largest absolute Gasteiger partial charge is 0.508 e. The monoisotopic (exact) mass is 572 g/mol. The number of rotatable bonds is 4. The molecule has 0 aromatic heterocycles. The number of aliphatic hydroxyl groups excluding tert-OH is 1. The van der Waals surface area contributed by atoms with Crippen molar-refractivity contribution in [1.82, 2.24) is 0 Å². The van der Waals surface area contributed by atoms with Crippen LogP contribution in [0.3, 0.4) is 0 Å². The third kappa shape index (κ3) is 9.95. The van der Waals surface area contributed by atoms with Gasteiger partial charge in [0.1, 0.15) is 24.4 Å². The van der Waals surface area contributed by atoms with Crippen LogP contribution in [0.25, 0.3) is 0 Å². The van der Waals surface area contributed by atoms with Crippen molar-refractivity contribution in [2.24, 2.45) is 5.92 Å². The second-order valence-corrected chi connectivity index (χ2v) is 11.6. The molecule has 4 heterocycles. The fourth-order valence-electron chi connectivity index (χ4n) is 5.71. The number of ether oxygens (including phenoxy) is 6. The van der Waals surface area contributed by atoms with Crippen LogP contribution in [-0.4, -0.2) is 79.8 Å². The lowest BCUT2D eigenvalue weighted by Gasteiger charge is -2.28. The smallest absolute Gasteiger partial charge is 0.456 e. The molecular weight excluding hydrogens is 528 g/mol. The fraction of sp³-hybridized carbons (Fsp3) is 0.625. The summed E-state index contributed by atoms with van der Waals surface area (Å²) in [6.07, 6.45) is 12.7. The molecule has 9 heteroatoms. The minimum Gasteiger partial charge on any atom is -0.456 e. The Morgan fingerprint density at radius 3 is 2.78 bits per heavy atom. The van der Waals surface area contributed by atoms with Gasteiger partial charge in [-0.25, -0.2) is 9.59 Å². The van der Waals surface area contributed by atoms with Gasteiger partial charge in [-0.15, -0.1) is 0 Å². The lowest BCUT2D eigenvalue weighted by molar-refractivity contribution is -0.148. The first-order valence-corrected chi connectivity index (χ1v) is 14.6. The summed E-state index contributed by atoms with van der Waals surface area (Å²) in [5.74, 6) is -0.244. The Labute approximate surface area is 242 Å². The molecule has 9 atom stereocenters. The molecule has 4 rings (SSSR count). The highest BCUT2D eigenvalue weighted by Crippen LogP contribution is 2.36. The minimum absolute atomic E-state index is 0.0732. The van der Waals surface area contributed by atoms with E-state index in [1.54, 1.807) is 18.2 Å². The van der Waals surface area contributed by atoms with Crippen molar-refractivity contribution in [3.8, 4) is 0 Å². The van der Waals surface area contributed by atoms with Gasteiger partial charge in [0.15, 0.2) is 0 Å². The molecule has 0 spiro atoms. The Morgan fingerprint density at radius 2 is 2.00 bits per heavy atom. The van der Waals surface area contributed by atoms with Gasteiger partial charge in [-0.1, -0.05) is 61.1 Å². The Morgan fingerprint density at radius 1 is 1.17 bits per heavy atom. The van der Waals surface area contributed by atoms with Crippen LogP contribution in [0.1, 0.15) is 58.8 Å². The van der Waals surface area contributed by atoms with Crippen molar-refractivity contribution in [3.63, 3.8) is 0 Å². The molecular formula is C32H44O9. The molecule has 0 amide bonds. The van der Waals surface area contributed by atoms with Crippen molar-refractivity contribution in [3.05, 3.63) is 60.3 Å². The number of fused-ring (bicyclic) bond motifs is 3. The molecule has 0 aliphatic carbocycles. The van der Waals surface area contributed by atoms with Crippen molar-refractivity contribution >= 4 is 12.1 Å². The van der Waals surface area contributed by atoms with Crippen molar-refractivity contribution < 1.29 is 43.1 Å². The van der Waals surface area contributed by atoms with Crippen LogP contribution in [-0.2, 0) is 33.2 Å². The lowest BCUT2D eigenvalue weighted by Crippen LogP contribution is -2.33. The van der Waals surface area contributed by atoms with E-state index in [0.29, 0.717) is 25.4 Å². The van der Waals surface area contributed by atoms with E-state index in [0.717, 1.165) is 31.3 Å². The van der Waals surface area contributed by atoms with Gasteiger partial charge in [-0.05, 0) is 44.9 Å². The molecule has 0 aromatic carbocycles. The van der Waals surface area contributed by atoms with E-state index in [4.69, 9.17) is 28.4 Å². The zero-order valence-corrected chi connectivity index (χ0v) is 24.3. The van der Waals surface area contributed by atoms with Crippen LogP contribution in [0.2, 0.25) is 0 Å². The fourth-order valence-corrected chi connectivity index (χ4v) is 5.71. The zero-order chi connectivity index (χ0) is 29.4. The predicted octanol–water partition coefficient (Wildman–Crippen LogP) is 4.90. The van der Waals surface area contributed by atoms with E-state index in [1.807, 2.05) is 19.1 Å². The van der Waals surface area contributed by atoms with Crippen LogP contribution in [0.4, 0.5) is 4.79 Å². The molecule has 0 radical (unpaired) electrons. The Balaban J connectivity index is 1.50. The van der Waals surface area contributed by atoms with E-state index >= 15 is 0 Å². The highest BCUT2D eigenvalue weighted by Gasteiger charge is 2.49. The summed E-state index contributed by atoms with van der Waals surface area (Å²) in [4.78, 5) is 24.8. The molecule has 4 aliphatic heterocycles. The molecule has 1 N–H and O–H groups in total. The summed E-state index contributed by atoms with van der Waals surface area (Å²) in [6, 6.07) is 0. The van der Waals surface area contributed by atoms with Gasteiger partial charge in [0.05, 0.1) is 38.1 Å². The maximum absolute atomic E-state index is 12.8. The first-order valence-electron chi connectivity index (χ1n) is 14.6. The summed E-state index contributed by atoms with van der Waals surface area (Å²) >= 11 is 0. The van der Waals surface area contributed by atoms with Gasteiger partial charge in [-0.3, -0.25) is 0 Å². The topological polar surface area (TPSA) is 113 Å². The number of cyclic esters (lactones) is 1. The second kappa shape index (κ2) is 15.0. The predicted molar refractivity (Wildman–Crippen MR) is 152 cm³/mol. The second-order valence-electron chi connectivity index (χ2n) is 11.6. The van der Waals surface area contributed by atoms with Crippen LogP contribution in [0.5, 0.6) is 0 Å². The number of methoxy groups -OCH3 is 1. The number of aliphatic hydroxyl groups is 1. The van der Waals surface area contributed by atoms with E-state index in [2.05, 4.69) is 19.6 Å². The molecule has 2 bridgehead atoms. The van der Waals surface area contributed by atoms with E-state index in [1.165, 1.54) is 18.8 Å². The summed E-state index contributed by atoms with van der Waals surface area (Å²) in [6.45, 7) is 8.98. The number of carbonyl (C=O) groups is 2. The number of hydrogen-bond donors (Lipinski definition) is 1. The Bertz CT molecular complexity index is 1040. The van der Waals surface area contributed by atoms with Gasteiger partial charge in [-0.2, -0.15) is 0 Å². The molecule has 1 fully saturated rings. The average Bonchev–Trinajstić information content (AvgIpc) is 3.69. The standard InChI is InChI=1S/C32H44O9/c1-20-13-14-37-24(16-20)11-12-26(33)27-19-29-31(40-29)28(41-32(35)36-4)18-22(3)15-21(2)17-25-9-5-7-23(38-25)8-6-10-30(34)39-27/h5-7,10-13,21,23-29,31,33H,3,8-9,14-19H2,1-2,4H3/b10-6-,12-11+/t21-,23-,24+,25-,26-,27-,28-,29?,31-/m0/s1. The molecule has 0 saturated carbocycles. The van der Waals surface area contributed by atoms with Gasteiger partial charge in [0, 0.05) is 18.9 Å². The van der Waals surface area contributed by atoms with Gasteiger partial charge < -0.3 is 33.5 Å². The molecule has 1 saturated heterocycles. The zero-order valence-electron chi connectivity index (χ0n) is 24.3. The summed E-state index contributed by atoms with van der Waals surface area (Å²) in [5.41, 5.74) is 2.16. The number of hydrogen-bond acceptors (Lipinski definition) is 9. The maximum atomic E-state index is 12.8. The third-order valence-electron chi connectivity index (χ3n) is 7.84. The first kappa shape index (κ1) is 31.2. The van der Waals surface area contributed by atoms with E-state index in [9.17, 15) is 14.7 Å². The Kier molecular flexibility index (Phi) is 11.4. The van der Waals surface area contributed by atoms with Gasteiger partial charge in [0.2, 0.25) is 0 Å². The van der Waals surface area contributed by atoms with Gasteiger partial charge >= 0.3 is 12.1 Å². The van der Waals surface area contributed by atoms with Crippen LogP contribution in [0, 0.1) is 5.92 Å². The molecule has 4 aliphatic rings. The average molecular weight is 573 g/mol. The van der Waals surface area contributed by atoms with Gasteiger partial charge in [0.25, 0.3) is 0 Å². The van der Waals surface area contributed by atoms with Crippen molar-refractivity contribution in [2.45, 2.75) is 108 Å². The van der Waals surface area contributed by atoms with Crippen molar-refractivity contribution in [2.75, 3.05) is 13.7 Å². The highest BCUT2D eigenvalue weighted by atomic mass is 16.7. The normalized spacial score (nSPS) is 36.6. The summed E-state index contributed by atoms with van der Waals surface area (Å²) in [7, 11) is 1.26. The highest BCUT2D eigenvalue weighted by molar-refractivity contribution is 5.82. The van der Waals surface area contributed by atoms with E-state index in [-0.39, 0.29) is 30.8 Å². The molecule has 41 heavy (non-hydrogen) atoms. The minimum atomic E-state index is -1.08. The molecule has 9 nitrogen and oxygen atoms in total. The lowest BCUT2D eigenvalue weighted by atomic mass is 9.90. The Hall–Kier alpha value is -2.72. The summed E-state index contributed by atoms with van der Waals surface area (Å²) in [5, 5.41) is 11.1. The summed E-state index contributed by atoms with van der Waals surface area (Å²) < 4.78 is 33.9. The van der Waals surface area contributed by atoms with Crippen molar-refractivity contribution in [1.29, 1.82) is 0 Å².